The zero-order chi connectivity index (χ0) is 14.1. The SMILES string of the molecule is Cc1ccc2cc(CSc3n[nH]c(N)n3)c(Cl)nc2c1. The average molecular weight is 306 g/mol. The molecule has 102 valence electrons. The highest BCUT2D eigenvalue weighted by Crippen LogP contribution is 2.27. The van der Waals surface area contributed by atoms with Crippen LogP contribution in [-0.2, 0) is 5.75 Å². The maximum atomic E-state index is 6.23. The Hall–Kier alpha value is -1.79. The third-order valence-corrected chi connectivity index (χ3v) is 4.06. The van der Waals surface area contributed by atoms with Crippen molar-refractivity contribution in [3.63, 3.8) is 0 Å². The summed E-state index contributed by atoms with van der Waals surface area (Å²) in [6.45, 7) is 2.03. The minimum atomic E-state index is 0.311. The van der Waals surface area contributed by atoms with Crippen molar-refractivity contribution in [3.8, 4) is 0 Å². The Morgan fingerprint density at radius 2 is 2.15 bits per heavy atom. The van der Waals surface area contributed by atoms with Gasteiger partial charge in [0.1, 0.15) is 5.15 Å². The number of aromatic nitrogens is 4. The summed E-state index contributed by atoms with van der Waals surface area (Å²) >= 11 is 7.69. The summed E-state index contributed by atoms with van der Waals surface area (Å²) in [5, 5.41) is 8.76. The van der Waals surface area contributed by atoms with Crippen LogP contribution >= 0.6 is 23.4 Å². The number of pyridine rings is 1. The number of halogens is 1. The lowest BCUT2D eigenvalue weighted by Crippen LogP contribution is -1.90. The lowest BCUT2D eigenvalue weighted by Gasteiger charge is -2.05. The number of anilines is 1. The summed E-state index contributed by atoms with van der Waals surface area (Å²) in [6, 6.07) is 8.18. The second-order valence-electron chi connectivity index (χ2n) is 4.43. The van der Waals surface area contributed by atoms with E-state index in [4.69, 9.17) is 17.3 Å². The van der Waals surface area contributed by atoms with Gasteiger partial charge in [-0.1, -0.05) is 35.5 Å². The molecular formula is C13H12ClN5S. The fraction of sp³-hybridized carbons (Fsp3) is 0.154. The number of thioether (sulfide) groups is 1. The van der Waals surface area contributed by atoms with E-state index in [-0.39, 0.29) is 0 Å². The largest absolute Gasteiger partial charge is 0.368 e. The van der Waals surface area contributed by atoms with E-state index in [1.807, 2.05) is 25.1 Å². The van der Waals surface area contributed by atoms with Crippen LogP contribution in [0.2, 0.25) is 5.15 Å². The van der Waals surface area contributed by atoms with Gasteiger partial charge in [0.05, 0.1) is 5.52 Å². The van der Waals surface area contributed by atoms with Crippen LogP contribution in [-0.4, -0.2) is 20.2 Å². The highest BCUT2D eigenvalue weighted by atomic mass is 35.5. The molecule has 2 heterocycles. The number of nitrogen functional groups attached to an aromatic ring is 1. The number of hydrogen-bond donors (Lipinski definition) is 2. The molecule has 0 atom stereocenters. The molecule has 1 aromatic carbocycles. The molecule has 20 heavy (non-hydrogen) atoms. The van der Waals surface area contributed by atoms with Gasteiger partial charge >= 0.3 is 0 Å². The molecule has 3 N–H and O–H groups in total. The number of H-pyrrole nitrogens is 1. The van der Waals surface area contributed by atoms with Crippen LogP contribution in [0.3, 0.4) is 0 Å². The molecule has 5 nitrogen and oxygen atoms in total. The molecule has 0 aliphatic heterocycles. The summed E-state index contributed by atoms with van der Waals surface area (Å²) in [7, 11) is 0. The minimum absolute atomic E-state index is 0.311. The quantitative estimate of drug-likeness (QED) is 0.574. The number of fused-ring (bicyclic) bond motifs is 1. The monoisotopic (exact) mass is 305 g/mol. The second kappa shape index (κ2) is 5.30. The minimum Gasteiger partial charge on any atom is -0.368 e. The zero-order valence-electron chi connectivity index (χ0n) is 10.7. The van der Waals surface area contributed by atoms with Gasteiger partial charge in [0, 0.05) is 16.7 Å². The fourth-order valence-electron chi connectivity index (χ4n) is 1.86. The number of nitrogens with two attached hydrogens (primary N) is 1. The first kappa shape index (κ1) is 13.2. The molecule has 0 spiro atoms. The summed E-state index contributed by atoms with van der Waals surface area (Å²) in [5.41, 5.74) is 8.51. The van der Waals surface area contributed by atoms with Gasteiger partial charge in [0.25, 0.3) is 0 Å². The van der Waals surface area contributed by atoms with Crippen LogP contribution in [0.5, 0.6) is 0 Å². The molecule has 7 heteroatoms. The van der Waals surface area contributed by atoms with E-state index in [9.17, 15) is 0 Å². The smallest absolute Gasteiger partial charge is 0.216 e. The topological polar surface area (TPSA) is 80.5 Å². The van der Waals surface area contributed by atoms with Gasteiger partial charge in [0.2, 0.25) is 11.1 Å². The molecule has 0 amide bonds. The Morgan fingerprint density at radius 1 is 1.30 bits per heavy atom. The third kappa shape index (κ3) is 2.71. The molecule has 0 aliphatic rings. The first-order valence-corrected chi connectivity index (χ1v) is 7.34. The van der Waals surface area contributed by atoms with E-state index >= 15 is 0 Å². The van der Waals surface area contributed by atoms with Gasteiger partial charge in [-0.05, 0) is 24.6 Å². The Labute approximate surface area is 125 Å². The number of rotatable bonds is 3. The number of nitrogens with zero attached hydrogens (tertiary/aromatic N) is 3. The lowest BCUT2D eigenvalue weighted by atomic mass is 10.1. The summed E-state index contributed by atoms with van der Waals surface area (Å²) in [6.07, 6.45) is 0. The van der Waals surface area contributed by atoms with Crippen molar-refractivity contribution < 1.29 is 0 Å². The Bertz CT molecular complexity index is 771. The highest BCUT2D eigenvalue weighted by molar-refractivity contribution is 7.98. The molecule has 0 unspecified atom stereocenters. The predicted molar refractivity (Wildman–Crippen MR) is 81.8 cm³/mol. The first-order valence-electron chi connectivity index (χ1n) is 5.98. The summed E-state index contributed by atoms with van der Waals surface area (Å²) in [4.78, 5) is 8.47. The zero-order valence-corrected chi connectivity index (χ0v) is 12.3. The van der Waals surface area contributed by atoms with E-state index in [1.165, 1.54) is 17.3 Å². The maximum Gasteiger partial charge on any atom is 0.216 e. The van der Waals surface area contributed by atoms with Crippen LogP contribution in [0.15, 0.2) is 29.4 Å². The van der Waals surface area contributed by atoms with Crippen LogP contribution in [0, 0.1) is 6.92 Å². The van der Waals surface area contributed by atoms with Crippen LogP contribution < -0.4 is 5.73 Å². The van der Waals surface area contributed by atoms with Crippen LogP contribution in [0.1, 0.15) is 11.1 Å². The molecule has 0 aliphatic carbocycles. The molecule has 0 saturated heterocycles. The molecule has 0 saturated carbocycles. The van der Waals surface area contributed by atoms with Crippen molar-refractivity contribution >= 4 is 40.2 Å². The van der Waals surface area contributed by atoms with Gasteiger partial charge in [-0.25, -0.2) is 10.1 Å². The van der Waals surface area contributed by atoms with Gasteiger partial charge < -0.3 is 5.73 Å². The molecule has 2 aromatic heterocycles. The molecule has 3 aromatic rings. The van der Waals surface area contributed by atoms with Gasteiger partial charge in [0.15, 0.2) is 0 Å². The van der Waals surface area contributed by atoms with E-state index in [1.54, 1.807) is 0 Å². The van der Waals surface area contributed by atoms with Crippen molar-refractivity contribution in [3.05, 3.63) is 40.5 Å². The fourth-order valence-corrected chi connectivity index (χ4v) is 2.93. The van der Waals surface area contributed by atoms with E-state index in [2.05, 4.69) is 26.2 Å². The average Bonchev–Trinajstić information content (AvgIpc) is 2.82. The van der Waals surface area contributed by atoms with Gasteiger partial charge in [-0.15, -0.1) is 5.10 Å². The maximum absolute atomic E-state index is 6.23. The van der Waals surface area contributed by atoms with Gasteiger partial charge in [-0.2, -0.15) is 4.98 Å². The number of hydrogen-bond acceptors (Lipinski definition) is 5. The molecule has 3 rings (SSSR count). The second-order valence-corrected chi connectivity index (χ2v) is 5.73. The van der Waals surface area contributed by atoms with E-state index < -0.39 is 0 Å². The number of aromatic amines is 1. The van der Waals surface area contributed by atoms with Crippen LogP contribution in [0.25, 0.3) is 10.9 Å². The molecule has 0 bridgehead atoms. The van der Waals surface area contributed by atoms with Crippen molar-refractivity contribution in [1.29, 1.82) is 0 Å². The Balaban J connectivity index is 1.87. The van der Waals surface area contributed by atoms with Crippen LogP contribution in [0.4, 0.5) is 5.95 Å². The summed E-state index contributed by atoms with van der Waals surface area (Å²) in [5.74, 6) is 0.957. The predicted octanol–water partition coefficient (Wildman–Crippen LogP) is 3.19. The normalized spacial score (nSPS) is 11.1. The number of nitrogens with one attached hydrogen (secondary N) is 1. The standard InChI is InChI=1S/C13H12ClN5S/c1-7-2-3-8-5-9(11(14)16-10(8)4-7)6-20-13-17-12(15)18-19-13/h2-5H,6H2,1H3,(H3,15,17,18,19). The number of aryl methyl sites for hydroxylation is 1. The third-order valence-electron chi connectivity index (χ3n) is 2.84. The molecular weight excluding hydrogens is 294 g/mol. The first-order chi connectivity index (χ1) is 9.61. The highest BCUT2D eigenvalue weighted by Gasteiger charge is 2.08. The molecule has 0 fully saturated rings. The van der Waals surface area contributed by atoms with Crippen molar-refractivity contribution in [1.82, 2.24) is 20.2 Å². The summed E-state index contributed by atoms with van der Waals surface area (Å²) < 4.78 is 0. The van der Waals surface area contributed by atoms with E-state index in [0.717, 1.165) is 16.5 Å². The van der Waals surface area contributed by atoms with Crippen molar-refractivity contribution in [2.24, 2.45) is 0 Å². The Morgan fingerprint density at radius 3 is 2.90 bits per heavy atom. The lowest BCUT2D eigenvalue weighted by molar-refractivity contribution is 0.973. The van der Waals surface area contributed by atoms with Gasteiger partial charge in [-0.3, -0.25) is 0 Å². The Kier molecular flexibility index (Phi) is 3.50. The van der Waals surface area contributed by atoms with Crippen molar-refractivity contribution in [2.75, 3.05) is 5.73 Å². The molecule has 0 radical (unpaired) electrons. The van der Waals surface area contributed by atoms with E-state index in [0.29, 0.717) is 22.0 Å². The van der Waals surface area contributed by atoms with Crippen molar-refractivity contribution in [2.45, 2.75) is 17.8 Å². The number of benzene rings is 1.